The van der Waals surface area contributed by atoms with Crippen molar-refractivity contribution in [2.24, 2.45) is 0 Å². The molecular weight excluding hydrogens is 429 g/mol. The lowest BCUT2D eigenvalue weighted by Gasteiger charge is -2.28. The molecule has 1 heterocycles. The molecule has 0 saturated carbocycles. The second-order valence-corrected chi connectivity index (χ2v) is 6.95. The Morgan fingerprint density at radius 3 is 2.47 bits per heavy atom. The van der Waals surface area contributed by atoms with Crippen molar-refractivity contribution in [3.63, 3.8) is 0 Å². The summed E-state index contributed by atoms with van der Waals surface area (Å²) in [6.07, 6.45) is -4.67. The Morgan fingerprint density at radius 1 is 1.09 bits per heavy atom. The van der Waals surface area contributed by atoms with Gasteiger partial charge >= 0.3 is 18.2 Å². The van der Waals surface area contributed by atoms with Crippen LogP contribution in [0.3, 0.4) is 0 Å². The summed E-state index contributed by atoms with van der Waals surface area (Å²) >= 11 is 0. The number of amides is 2. The van der Waals surface area contributed by atoms with Crippen molar-refractivity contribution in [2.75, 3.05) is 13.7 Å². The van der Waals surface area contributed by atoms with Gasteiger partial charge in [-0.1, -0.05) is 36.4 Å². The van der Waals surface area contributed by atoms with Crippen LogP contribution < -0.4 is 20.1 Å². The molecule has 7 nitrogen and oxygen atoms in total. The van der Waals surface area contributed by atoms with Gasteiger partial charge < -0.3 is 24.8 Å². The number of carbonyl (C=O) groups excluding carboxylic acids is 2. The smallest absolute Gasteiger partial charge is 0.422 e. The number of rotatable bonds is 7. The van der Waals surface area contributed by atoms with Crippen molar-refractivity contribution in [3.05, 3.63) is 70.9 Å². The quantitative estimate of drug-likeness (QED) is 0.623. The van der Waals surface area contributed by atoms with E-state index < -0.39 is 30.8 Å². The van der Waals surface area contributed by atoms with Crippen LogP contribution >= 0.6 is 0 Å². The van der Waals surface area contributed by atoms with Crippen LogP contribution in [0, 0.1) is 0 Å². The summed E-state index contributed by atoms with van der Waals surface area (Å²) in [6, 6.07) is 12.5. The number of carbonyl (C=O) groups is 2. The Hall–Kier alpha value is -3.69. The summed E-state index contributed by atoms with van der Waals surface area (Å²) in [5.74, 6) is -0.449. The molecule has 1 aliphatic rings. The number of esters is 1. The maximum atomic E-state index is 12.5. The fourth-order valence-corrected chi connectivity index (χ4v) is 3.16. The molecule has 1 aliphatic heterocycles. The van der Waals surface area contributed by atoms with Crippen LogP contribution in [0.15, 0.2) is 59.8 Å². The van der Waals surface area contributed by atoms with E-state index in [1.54, 1.807) is 18.2 Å². The van der Waals surface area contributed by atoms with Crippen LogP contribution in [-0.4, -0.2) is 31.9 Å². The van der Waals surface area contributed by atoms with Crippen LogP contribution in [0.1, 0.15) is 24.1 Å². The van der Waals surface area contributed by atoms with E-state index in [0.717, 1.165) is 5.56 Å². The van der Waals surface area contributed by atoms with E-state index in [0.29, 0.717) is 17.1 Å². The lowest BCUT2D eigenvalue weighted by molar-refractivity contribution is -0.183. The van der Waals surface area contributed by atoms with Crippen molar-refractivity contribution >= 4 is 12.0 Å². The number of allylic oxidation sites excluding steroid dienone is 1. The largest absolute Gasteiger partial charge is 0.493 e. The summed E-state index contributed by atoms with van der Waals surface area (Å²) in [5.41, 5.74) is 1.29. The van der Waals surface area contributed by atoms with Crippen molar-refractivity contribution in [3.8, 4) is 11.5 Å². The zero-order valence-electron chi connectivity index (χ0n) is 17.3. The van der Waals surface area contributed by atoms with Crippen molar-refractivity contribution in [1.82, 2.24) is 10.6 Å². The van der Waals surface area contributed by atoms with Gasteiger partial charge in [-0.2, -0.15) is 13.2 Å². The first-order valence-corrected chi connectivity index (χ1v) is 9.55. The number of methoxy groups -OCH3 is 1. The summed E-state index contributed by atoms with van der Waals surface area (Å²) in [4.78, 5) is 24.4. The molecule has 2 amide bonds. The van der Waals surface area contributed by atoms with Gasteiger partial charge in [0.25, 0.3) is 0 Å². The Labute approximate surface area is 182 Å². The van der Waals surface area contributed by atoms with Gasteiger partial charge in [-0.3, -0.25) is 0 Å². The fraction of sp³-hybridized carbons (Fsp3) is 0.273. The molecule has 1 atom stereocenters. The highest BCUT2D eigenvalue weighted by atomic mass is 19.4. The third-order valence-corrected chi connectivity index (χ3v) is 4.61. The normalized spacial score (nSPS) is 16.2. The third kappa shape index (κ3) is 5.71. The van der Waals surface area contributed by atoms with Crippen LogP contribution in [0.4, 0.5) is 18.0 Å². The first-order valence-electron chi connectivity index (χ1n) is 9.55. The Bertz CT molecular complexity index is 1020. The maximum Gasteiger partial charge on any atom is 0.422 e. The Morgan fingerprint density at radius 2 is 1.81 bits per heavy atom. The summed E-state index contributed by atoms with van der Waals surface area (Å²) in [7, 11) is 1.43. The zero-order chi connectivity index (χ0) is 23.3. The minimum Gasteiger partial charge on any atom is -0.493 e. The molecule has 0 bridgehead atoms. The van der Waals surface area contributed by atoms with Gasteiger partial charge in [-0.25, -0.2) is 9.59 Å². The predicted molar refractivity (Wildman–Crippen MR) is 108 cm³/mol. The highest BCUT2D eigenvalue weighted by Gasteiger charge is 2.36. The lowest BCUT2D eigenvalue weighted by Crippen LogP contribution is -2.45. The van der Waals surface area contributed by atoms with Crippen molar-refractivity contribution < 1.29 is 37.0 Å². The van der Waals surface area contributed by atoms with Crippen LogP contribution in [-0.2, 0) is 16.1 Å². The second kappa shape index (κ2) is 9.63. The minimum atomic E-state index is -4.67. The number of alkyl halides is 3. The molecule has 2 N–H and O–H groups in total. The van der Waals surface area contributed by atoms with E-state index in [9.17, 15) is 22.8 Å². The first kappa shape index (κ1) is 23.0. The highest BCUT2D eigenvalue weighted by Crippen LogP contribution is 2.35. The SMILES string of the molecule is COc1cc([C@@H]2NC(=O)NC(C)=C2C(=O)OCC(F)(F)F)ccc1OCc1ccccc1. The molecule has 2 aromatic carbocycles. The fourth-order valence-electron chi connectivity index (χ4n) is 3.16. The van der Waals surface area contributed by atoms with Gasteiger partial charge in [0.05, 0.1) is 18.7 Å². The lowest BCUT2D eigenvalue weighted by atomic mass is 9.95. The standard InChI is InChI=1S/C22H21F3N2O5/c1-13-18(20(28)32-12-22(23,24)25)19(27-21(29)26-13)15-8-9-16(17(10-15)30-2)31-11-14-6-4-3-5-7-14/h3-10,19H,11-12H2,1-2H3,(H2,26,27,29)/t19-/m0/s1. The van der Waals surface area contributed by atoms with Gasteiger partial charge in [0.2, 0.25) is 0 Å². The average Bonchev–Trinajstić information content (AvgIpc) is 2.75. The summed E-state index contributed by atoms with van der Waals surface area (Å²) < 4.78 is 53.0. The van der Waals surface area contributed by atoms with E-state index in [1.165, 1.54) is 14.0 Å². The molecule has 170 valence electrons. The molecule has 10 heteroatoms. The topological polar surface area (TPSA) is 85.9 Å². The van der Waals surface area contributed by atoms with E-state index in [-0.39, 0.29) is 17.9 Å². The molecule has 0 aromatic heterocycles. The van der Waals surface area contributed by atoms with Crippen molar-refractivity contribution in [2.45, 2.75) is 25.7 Å². The van der Waals surface area contributed by atoms with E-state index in [4.69, 9.17) is 9.47 Å². The molecule has 32 heavy (non-hydrogen) atoms. The first-order chi connectivity index (χ1) is 15.2. The number of hydrogen-bond acceptors (Lipinski definition) is 5. The second-order valence-electron chi connectivity index (χ2n) is 6.95. The van der Waals surface area contributed by atoms with Crippen LogP contribution in [0.5, 0.6) is 11.5 Å². The molecule has 0 aliphatic carbocycles. The van der Waals surface area contributed by atoms with Gasteiger partial charge in [0, 0.05) is 5.70 Å². The number of ether oxygens (including phenoxy) is 3. The molecule has 0 unspecified atom stereocenters. The molecule has 0 radical (unpaired) electrons. The number of hydrogen-bond donors (Lipinski definition) is 2. The monoisotopic (exact) mass is 450 g/mol. The van der Waals surface area contributed by atoms with E-state index >= 15 is 0 Å². The van der Waals surface area contributed by atoms with E-state index in [1.807, 2.05) is 30.3 Å². The number of nitrogens with one attached hydrogen (secondary N) is 2. The van der Waals surface area contributed by atoms with Gasteiger partial charge in [-0.15, -0.1) is 0 Å². The third-order valence-electron chi connectivity index (χ3n) is 4.61. The summed E-state index contributed by atoms with van der Waals surface area (Å²) in [5, 5.41) is 4.91. The number of halogens is 3. The summed E-state index contributed by atoms with van der Waals surface area (Å²) in [6.45, 7) is -0.0436. The van der Waals surface area contributed by atoms with Crippen LogP contribution in [0.25, 0.3) is 0 Å². The molecule has 0 spiro atoms. The molecule has 0 fully saturated rings. The average molecular weight is 450 g/mol. The predicted octanol–water partition coefficient (Wildman–Crippen LogP) is 4.01. The molecule has 3 rings (SSSR count). The highest BCUT2D eigenvalue weighted by molar-refractivity contribution is 5.95. The number of benzene rings is 2. The van der Waals surface area contributed by atoms with Crippen LogP contribution in [0.2, 0.25) is 0 Å². The number of urea groups is 1. The Balaban J connectivity index is 1.85. The maximum absolute atomic E-state index is 12.5. The van der Waals surface area contributed by atoms with Gasteiger partial charge in [0.15, 0.2) is 18.1 Å². The zero-order valence-corrected chi connectivity index (χ0v) is 17.3. The van der Waals surface area contributed by atoms with Gasteiger partial charge in [0.1, 0.15) is 6.61 Å². The van der Waals surface area contributed by atoms with E-state index in [2.05, 4.69) is 15.4 Å². The van der Waals surface area contributed by atoms with Crippen molar-refractivity contribution in [1.29, 1.82) is 0 Å². The minimum absolute atomic E-state index is 0.0919. The van der Waals surface area contributed by atoms with Gasteiger partial charge in [-0.05, 0) is 30.2 Å². The molecular formula is C22H21F3N2O5. The molecule has 2 aromatic rings. The Kier molecular flexibility index (Phi) is 6.92. The molecule has 0 saturated heterocycles.